The van der Waals surface area contributed by atoms with Crippen LogP contribution >= 0.6 is 0 Å². The van der Waals surface area contributed by atoms with Crippen molar-refractivity contribution in [3.63, 3.8) is 0 Å². The highest BCUT2D eigenvalue weighted by Gasteiger charge is 2.57. The zero-order valence-corrected chi connectivity index (χ0v) is 13.8. The molecular formula is C16H23N3O6. The summed E-state index contributed by atoms with van der Waals surface area (Å²) >= 11 is 0. The maximum Gasteiger partial charge on any atom is 0.408 e. The summed E-state index contributed by atoms with van der Waals surface area (Å²) in [6.45, 7) is -0.00477. The fourth-order valence-electron chi connectivity index (χ4n) is 4.38. The average molecular weight is 353 g/mol. The van der Waals surface area contributed by atoms with Crippen molar-refractivity contribution in [1.82, 2.24) is 9.80 Å². The van der Waals surface area contributed by atoms with Gasteiger partial charge in [-0.3, -0.25) is 9.69 Å². The van der Waals surface area contributed by atoms with E-state index in [1.54, 1.807) is 0 Å². The van der Waals surface area contributed by atoms with Gasteiger partial charge < -0.3 is 25.0 Å². The van der Waals surface area contributed by atoms with Gasteiger partial charge in [-0.2, -0.15) is 5.26 Å². The normalized spacial score (nSPS) is 35.0. The predicted molar refractivity (Wildman–Crippen MR) is 83.3 cm³/mol. The Hall–Kier alpha value is -1.89. The second kappa shape index (κ2) is 7.15. The van der Waals surface area contributed by atoms with Gasteiger partial charge in [0, 0.05) is 6.54 Å². The maximum absolute atomic E-state index is 12.9. The quantitative estimate of drug-likeness (QED) is 0.599. The summed E-state index contributed by atoms with van der Waals surface area (Å²) in [5, 5.41) is 37.1. The molecule has 1 aliphatic carbocycles. The number of ether oxygens (including phenoxy) is 1. The fraction of sp³-hybridized carbons (Fsp3) is 0.812. The monoisotopic (exact) mass is 353 g/mol. The van der Waals surface area contributed by atoms with Crippen molar-refractivity contribution in [3.05, 3.63) is 0 Å². The number of carboxylic acid groups (broad SMARTS) is 1. The molecule has 2 aliphatic heterocycles. The van der Waals surface area contributed by atoms with E-state index in [0.717, 1.165) is 6.42 Å². The number of hydrogen-bond donors (Lipinski definition) is 3. The summed E-state index contributed by atoms with van der Waals surface area (Å²) in [5.74, 6) is -0.433. The molecule has 1 saturated carbocycles. The molecule has 138 valence electrons. The second-order valence-corrected chi connectivity index (χ2v) is 6.96. The van der Waals surface area contributed by atoms with E-state index in [0.29, 0.717) is 25.8 Å². The van der Waals surface area contributed by atoms with E-state index in [1.807, 2.05) is 0 Å². The summed E-state index contributed by atoms with van der Waals surface area (Å²) in [6, 6.07) is 0.436. The van der Waals surface area contributed by atoms with Crippen molar-refractivity contribution in [2.24, 2.45) is 5.92 Å². The first kappa shape index (κ1) is 17.9. The van der Waals surface area contributed by atoms with E-state index < -0.39 is 43.0 Å². The second-order valence-electron chi connectivity index (χ2n) is 6.96. The third-order valence-electron chi connectivity index (χ3n) is 5.48. The molecule has 2 heterocycles. The maximum atomic E-state index is 12.9. The number of aliphatic hydroxyl groups excluding tert-OH is 2. The van der Waals surface area contributed by atoms with Crippen LogP contribution in [0.15, 0.2) is 0 Å². The van der Waals surface area contributed by atoms with Crippen LogP contribution < -0.4 is 0 Å². The van der Waals surface area contributed by atoms with Crippen LogP contribution in [0, 0.1) is 17.2 Å². The highest BCUT2D eigenvalue weighted by atomic mass is 16.5. The summed E-state index contributed by atoms with van der Waals surface area (Å²) in [7, 11) is 0. The van der Waals surface area contributed by atoms with Crippen LogP contribution in [0.2, 0.25) is 0 Å². The van der Waals surface area contributed by atoms with Gasteiger partial charge in [0.2, 0.25) is 5.91 Å². The van der Waals surface area contributed by atoms with Crippen LogP contribution in [0.1, 0.15) is 25.7 Å². The summed E-state index contributed by atoms with van der Waals surface area (Å²) in [6.07, 6.45) is -0.118. The Bertz CT molecular complexity index is 579. The molecule has 2 bridgehead atoms. The molecule has 3 aliphatic rings. The highest BCUT2D eigenvalue weighted by Crippen LogP contribution is 2.45. The molecule has 3 rings (SSSR count). The molecule has 9 heteroatoms. The lowest BCUT2D eigenvalue weighted by Crippen LogP contribution is -2.57. The molecule has 0 aromatic carbocycles. The van der Waals surface area contributed by atoms with Crippen molar-refractivity contribution in [2.75, 3.05) is 19.8 Å². The zero-order chi connectivity index (χ0) is 18.1. The molecule has 0 aromatic heterocycles. The molecule has 0 unspecified atom stereocenters. The first-order valence-electron chi connectivity index (χ1n) is 8.59. The summed E-state index contributed by atoms with van der Waals surface area (Å²) in [5.41, 5.74) is 0. The molecular weight excluding hydrogens is 330 g/mol. The van der Waals surface area contributed by atoms with Gasteiger partial charge in [0.15, 0.2) is 0 Å². The third-order valence-corrected chi connectivity index (χ3v) is 5.48. The molecule has 3 N–H and O–H groups in total. The molecule has 0 aromatic rings. The number of likely N-dealkylation sites (tertiary alicyclic amines) is 2. The van der Waals surface area contributed by atoms with E-state index in [4.69, 9.17) is 9.84 Å². The number of nitrogens with zero attached hydrogens (tertiary/aromatic N) is 3. The minimum Gasteiger partial charge on any atom is -0.465 e. The predicted octanol–water partition coefficient (Wildman–Crippen LogP) is -0.620. The molecule has 6 atom stereocenters. The van der Waals surface area contributed by atoms with Crippen LogP contribution in [0.4, 0.5) is 4.79 Å². The van der Waals surface area contributed by atoms with Gasteiger partial charge in [-0.25, -0.2) is 4.79 Å². The number of nitriles is 1. The van der Waals surface area contributed by atoms with E-state index >= 15 is 0 Å². The zero-order valence-electron chi connectivity index (χ0n) is 13.8. The van der Waals surface area contributed by atoms with Crippen LogP contribution in [0.3, 0.4) is 0 Å². The molecule has 2 saturated heterocycles. The molecule has 0 radical (unpaired) electrons. The minimum absolute atomic E-state index is 0.0703. The van der Waals surface area contributed by atoms with Crippen molar-refractivity contribution in [3.8, 4) is 6.07 Å². The molecule has 0 spiro atoms. The Morgan fingerprint density at radius 3 is 2.76 bits per heavy atom. The average Bonchev–Trinajstić information content (AvgIpc) is 3.31. The van der Waals surface area contributed by atoms with Crippen molar-refractivity contribution >= 4 is 12.0 Å². The van der Waals surface area contributed by atoms with E-state index in [-0.39, 0.29) is 18.4 Å². The number of rotatable bonds is 5. The molecule has 2 amide bonds. The van der Waals surface area contributed by atoms with Crippen LogP contribution in [0.5, 0.6) is 0 Å². The Morgan fingerprint density at radius 1 is 1.36 bits per heavy atom. The van der Waals surface area contributed by atoms with Crippen molar-refractivity contribution < 1.29 is 29.6 Å². The smallest absolute Gasteiger partial charge is 0.408 e. The van der Waals surface area contributed by atoms with Crippen LogP contribution in [-0.2, 0) is 9.53 Å². The lowest BCUT2D eigenvalue weighted by atomic mass is 9.96. The largest absolute Gasteiger partial charge is 0.465 e. The Balaban J connectivity index is 1.72. The number of aliphatic hydroxyl groups is 2. The number of amides is 2. The van der Waals surface area contributed by atoms with Gasteiger partial charge in [0.1, 0.15) is 18.2 Å². The van der Waals surface area contributed by atoms with Crippen molar-refractivity contribution in [2.45, 2.75) is 56.0 Å². The highest BCUT2D eigenvalue weighted by molar-refractivity contribution is 5.87. The number of carbonyl (C=O) groups is 2. The van der Waals surface area contributed by atoms with E-state index in [9.17, 15) is 25.1 Å². The Labute approximate surface area is 145 Å². The van der Waals surface area contributed by atoms with Crippen LogP contribution in [0.25, 0.3) is 0 Å². The van der Waals surface area contributed by atoms with Gasteiger partial charge in [0.05, 0.1) is 31.4 Å². The van der Waals surface area contributed by atoms with Gasteiger partial charge in [0.25, 0.3) is 0 Å². The Morgan fingerprint density at radius 2 is 2.12 bits per heavy atom. The number of hydrogen-bond acceptors (Lipinski definition) is 6. The molecule has 25 heavy (non-hydrogen) atoms. The Kier molecular flexibility index (Phi) is 5.13. The lowest BCUT2D eigenvalue weighted by Gasteiger charge is -2.38. The SMILES string of the molecule is N#C[C@@H]1CCCN1C(=O)[C@@H]1[C@H]2C[C@H]([C@H](OC[C@H](O)CO)C2)N1C(=O)O. The number of piperidine rings is 1. The number of fused-ring (bicyclic) bond motifs is 2. The van der Waals surface area contributed by atoms with Gasteiger partial charge >= 0.3 is 6.09 Å². The number of carbonyl (C=O) groups excluding carboxylic acids is 1. The molecule has 3 fully saturated rings. The topological polar surface area (TPSA) is 134 Å². The third kappa shape index (κ3) is 3.17. The standard InChI is InChI=1S/C16H23N3O6/c17-6-10-2-1-3-18(10)15(22)14-9-4-12(19(14)16(23)24)13(5-9)25-8-11(21)7-20/h9-14,20-21H,1-5,7-8H2,(H,23,24)/t9-,10-,11+,12+,13+,14-/m0/s1. The van der Waals surface area contributed by atoms with Gasteiger partial charge in [-0.1, -0.05) is 0 Å². The van der Waals surface area contributed by atoms with Gasteiger partial charge in [-0.05, 0) is 31.6 Å². The summed E-state index contributed by atoms with van der Waals surface area (Å²) in [4.78, 5) is 27.3. The minimum atomic E-state index is -1.17. The van der Waals surface area contributed by atoms with E-state index in [1.165, 1.54) is 9.80 Å². The lowest BCUT2D eigenvalue weighted by molar-refractivity contribution is -0.140. The van der Waals surface area contributed by atoms with Gasteiger partial charge in [-0.15, -0.1) is 0 Å². The van der Waals surface area contributed by atoms with E-state index in [2.05, 4.69) is 6.07 Å². The molecule has 9 nitrogen and oxygen atoms in total. The first-order valence-corrected chi connectivity index (χ1v) is 8.59. The van der Waals surface area contributed by atoms with Crippen molar-refractivity contribution in [1.29, 1.82) is 5.26 Å². The van der Waals surface area contributed by atoms with Crippen LogP contribution in [-0.4, -0.2) is 87.2 Å². The fourth-order valence-corrected chi connectivity index (χ4v) is 4.38. The first-order chi connectivity index (χ1) is 12.0. The summed E-state index contributed by atoms with van der Waals surface area (Å²) < 4.78 is 5.57.